The number of hydrogen-bond donors (Lipinski definition) is 3. The number of aryl methyl sites for hydroxylation is 2. The van der Waals surface area contributed by atoms with Crippen LogP contribution in [0.1, 0.15) is 54.3 Å². The Bertz CT molecular complexity index is 1890. The molecule has 1 aromatic heterocycles. The Kier molecular flexibility index (Phi) is 8.49. The molecular weight excluding hydrogens is 554 g/mol. The summed E-state index contributed by atoms with van der Waals surface area (Å²) in [5.74, 6) is -0.904. The lowest BCUT2D eigenvalue weighted by molar-refractivity contribution is 0.0831. The quantitative estimate of drug-likeness (QED) is 0.175. The van der Waals surface area contributed by atoms with Crippen molar-refractivity contribution in [2.45, 2.75) is 34.3 Å². The molecule has 0 fully saturated rings. The molecule has 0 unspecified atom stereocenters. The Balaban J connectivity index is 1.41. The molecule has 8 nitrogen and oxygen atoms in total. The molecule has 0 radical (unpaired) electrons. The Hall–Kier alpha value is -5.81. The summed E-state index contributed by atoms with van der Waals surface area (Å²) < 4.78 is 12.1. The predicted octanol–water partition coefficient (Wildman–Crippen LogP) is 7.08. The smallest absolute Gasteiger partial charge is 0.306 e. The van der Waals surface area contributed by atoms with Crippen molar-refractivity contribution in [2.24, 2.45) is 0 Å². The first kappa shape index (κ1) is 29.7. The number of amides is 2. The first-order valence-electron chi connectivity index (χ1n) is 14.0. The molecule has 0 saturated carbocycles. The number of nitrogens with zero attached hydrogens (tertiary/aromatic N) is 1. The minimum Gasteiger partial charge on any atom is -0.507 e. The third-order valence-electron chi connectivity index (χ3n) is 7.78. The number of nitrogens with one attached hydrogen (secondary N) is 2. The Morgan fingerprint density at radius 3 is 2.23 bits per heavy atom. The van der Waals surface area contributed by atoms with Gasteiger partial charge < -0.3 is 14.3 Å². The zero-order valence-corrected chi connectivity index (χ0v) is 24.8. The molecule has 0 saturated heterocycles. The normalized spacial score (nSPS) is 10.6. The van der Waals surface area contributed by atoms with E-state index >= 15 is 0 Å². The lowest BCUT2D eigenvalue weighted by atomic mass is 9.95. The second kappa shape index (κ2) is 12.6. The molecule has 8 heteroatoms. The van der Waals surface area contributed by atoms with E-state index in [0.29, 0.717) is 23.5 Å². The summed E-state index contributed by atoms with van der Waals surface area (Å²) in [6, 6.07) is 24.8. The second-order valence-corrected chi connectivity index (χ2v) is 10.5. The summed E-state index contributed by atoms with van der Waals surface area (Å²) >= 11 is 0. The van der Waals surface area contributed by atoms with Crippen molar-refractivity contribution < 1.29 is 23.8 Å². The monoisotopic (exact) mass is 585 g/mol. The molecule has 2 amide bonds. The highest BCUT2D eigenvalue weighted by molar-refractivity contribution is 6.04. The number of phenols is 1. The third-order valence-corrected chi connectivity index (χ3v) is 7.78. The first-order valence-corrected chi connectivity index (χ1v) is 14.0. The number of phenolic OH excluding ortho intramolecular Hbond substituents is 1. The van der Waals surface area contributed by atoms with Crippen LogP contribution in [0, 0.1) is 39.0 Å². The van der Waals surface area contributed by atoms with Crippen LogP contribution in [-0.4, -0.2) is 16.9 Å². The fraction of sp³-hybridized carbons (Fsp3) is 0.139. The number of aromatic hydroxyl groups is 1. The van der Waals surface area contributed by atoms with Crippen LogP contribution in [0.2, 0.25) is 0 Å². The molecule has 0 atom stereocenters. The highest BCUT2D eigenvalue weighted by Crippen LogP contribution is 2.38. The fourth-order valence-electron chi connectivity index (χ4n) is 5.06. The number of carbonyl (C=O) groups excluding carboxylic acids is 2. The van der Waals surface area contributed by atoms with Crippen molar-refractivity contribution >= 4 is 11.8 Å². The van der Waals surface area contributed by atoms with Crippen LogP contribution in [0.4, 0.5) is 0 Å². The minimum absolute atomic E-state index is 0.00252. The highest BCUT2D eigenvalue weighted by Gasteiger charge is 2.23. The molecule has 0 aliphatic heterocycles. The summed E-state index contributed by atoms with van der Waals surface area (Å²) in [5, 5.41) is 18.9. The number of benzene rings is 4. The van der Waals surface area contributed by atoms with Crippen LogP contribution in [0.25, 0.3) is 22.3 Å². The minimum atomic E-state index is -0.670. The SMILES string of the molecule is Cc1cc(C)c(C)c(COc2cccc(-c3coc(C(=O)NNC(=O)c4ccc(O)c(C#N)c4)c3-c3ccccc3)c2)c1C. The maximum Gasteiger partial charge on any atom is 0.306 e. The highest BCUT2D eigenvalue weighted by atomic mass is 16.5. The zero-order valence-electron chi connectivity index (χ0n) is 24.8. The molecule has 220 valence electrons. The lowest BCUT2D eigenvalue weighted by Gasteiger charge is -2.16. The second-order valence-electron chi connectivity index (χ2n) is 10.5. The van der Waals surface area contributed by atoms with Crippen molar-refractivity contribution in [2.75, 3.05) is 0 Å². The lowest BCUT2D eigenvalue weighted by Crippen LogP contribution is -2.41. The molecule has 5 rings (SSSR count). The van der Waals surface area contributed by atoms with Crippen LogP contribution in [0.3, 0.4) is 0 Å². The molecule has 44 heavy (non-hydrogen) atoms. The summed E-state index contributed by atoms with van der Waals surface area (Å²) in [6.07, 6.45) is 1.51. The van der Waals surface area contributed by atoms with E-state index in [-0.39, 0.29) is 22.6 Å². The van der Waals surface area contributed by atoms with Crippen molar-refractivity contribution in [3.05, 3.63) is 130 Å². The van der Waals surface area contributed by atoms with Crippen LogP contribution >= 0.6 is 0 Å². The van der Waals surface area contributed by atoms with E-state index in [2.05, 4.69) is 44.6 Å². The first-order chi connectivity index (χ1) is 21.2. The maximum atomic E-state index is 13.3. The van der Waals surface area contributed by atoms with E-state index in [1.165, 1.54) is 52.3 Å². The average Bonchev–Trinajstić information content (AvgIpc) is 3.49. The van der Waals surface area contributed by atoms with Gasteiger partial charge in [0, 0.05) is 16.7 Å². The zero-order chi connectivity index (χ0) is 31.4. The molecule has 1 heterocycles. The largest absolute Gasteiger partial charge is 0.507 e. The molecule has 0 aliphatic carbocycles. The van der Waals surface area contributed by atoms with E-state index in [1.807, 2.05) is 60.7 Å². The van der Waals surface area contributed by atoms with E-state index in [9.17, 15) is 14.7 Å². The maximum absolute atomic E-state index is 13.3. The summed E-state index contributed by atoms with van der Waals surface area (Å²) in [6.45, 7) is 8.85. The van der Waals surface area contributed by atoms with Gasteiger partial charge in [0.25, 0.3) is 5.91 Å². The topological polar surface area (TPSA) is 125 Å². The summed E-state index contributed by atoms with van der Waals surface area (Å²) in [7, 11) is 0. The van der Waals surface area contributed by atoms with Gasteiger partial charge in [0.05, 0.1) is 11.8 Å². The fourth-order valence-corrected chi connectivity index (χ4v) is 5.06. The molecule has 0 spiro atoms. The summed E-state index contributed by atoms with van der Waals surface area (Å²) in [4.78, 5) is 26.0. The van der Waals surface area contributed by atoms with Crippen LogP contribution < -0.4 is 15.6 Å². The van der Waals surface area contributed by atoms with Crippen molar-refractivity contribution in [3.63, 3.8) is 0 Å². The number of nitriles is 1. The van der Waals surface area contributed by atoms with Crippen molar-refractivity contribution in [3.8, 4) is 39.8 Å². The van der Waals surface area contributed by atoms with Crippen LogP contribution in [0.15, 0.2) is 89.5 Å². The molecule has 5 aromatic rings. The van der Waals surface area contributed by atoms with Crippen molar-refractivity contribution in [1.29, 1.82) is 5.26 Å². The Morgan fingerprint density at radius 1 is 0.841 bits per heavy atom. The van der Waals surface area contributed by atoms with E-state index in [4.69, 9.17) is 14.4 Å². The Labute approximate surface area is 255 Å². The predicted molar refractivity (Wildman–Crippen MR) is 167 cm³/mol. The number of carbonyl (C=O) groups is 2. The van der Waals surface area contributed by atoms with Crippen molar-refractivity contribution in [1.82, 2.24) is 10.9 Å². The van der Waals surface area contributed by atoms with Gasteiger partial charge in [-0.2, -0.15) is 5.26 Å². The molecule has 4 aromatic carbocycles. The number of ether oxygens (including phenoxy) is 1. The number of furan rings is 1. The van der Waals surface area contributed by atoms with Gasteiger partial charge in [-0.3, -0.25) is 20.4 Å². The van der Waals surface area contributed by atoms with Gasteiger partial charge in [-0.15, -0.1) is 0 Å². The van der Waals surface area contributed by atoms with E-state index in [0.717, 1.165) is 11.1 Å². The third kappa shape index (κ3) is 6.03. The molecular formula is C36H31N3O5. The molecule has 3 N–H and O–H groups in total. The van der Waals surface area contributed by atoms with Crippen LogP contribution in [0.5, 0.6) is 11.5 Å². The van der Waals surface area contributed by atoms with Gasteiger partial charge in [-0.1, -0.05) is 48.5 Å². The number of hydrogen-bond acceptors (Lipinski definition) is 6. The summed E-state index contributed by atoms with van der Waals surface area (Å²) in [5.41, 5.74) is 13.6. The van der Waals surface area contributed by atoms with Crippen LogP contribution in [-0.2, 0) is 6.61 Å². The number of hydrazine groups is 1. The molecule has 0 aliphatic rings. The van der Waals surface area contributed by atoms with Gasteiger partial charge >= 0.3 is 5.91 Å². The van der Waals surface area contributed by atoms with Gasteiger partial charge in [0.1, 0.15) is 24.2 Å². The van der Waals surface area contributed by atoms with E-state index in [1.54, 1.807) is 0 Å². The molecule has 0 bridgehead atoms. The van der Waals surface area contributed by atoms with Gasteiger partial charge in [0.15, 0.2) is 0 Å². The average molecular weight is 586 g/mol. The number of rotatable bonds is 7. The van der Waals surface area contributed by atoms with Gasteiger partial charge in [-0.25, -0.2) is 0 Å². The van der Waals surface area contributed by atoms with Gasteiger partial charge in [0.2, 0.25) is 5.76 Å². The standard InChI is InChI=1S/C36H31N3O5/c1-21-15-22(2)24(4)30(23(21)3)19-43-29-12-8-11-26(17-29)31-20-44-34(33(31)25-9-6-5-7-10-25)36(42)39-38-35(41)27-13-14-32(40)28(16-27)18-37/h5-17,20,40H,19H2,1-4H3,(H,38,41)(H,39,42). The van der Waals surface area contributed by atoms with E-state index < -0.39 is 11.8 Å². The Morgan fingerprint density at radius 2 is 1.52 bits per heavy atom. The van der Waals surface area contributed by atoms with Gasteiger partial charge in [-0.05, 0) is 97.0 Å².